The highest BCUT2D eigenvalue weighted by Crippen LogP contribution is 2.25. The van der Waals surface area contributed by atoms with Crippen molar-refractivity contribution >= 4 is 11.1 Å². The fraction of sp³-hybridized carbons (Fsp3) is 0. The van der Waals surface area contributed by atoms with Crippen molar-refractivity contribution in [1.29, 1.82) is 0 Å². The van der Waals surface area contributed by atoms with Crippen molar-refractivity contribution in [3.05, 3.63) is 49.0 Å². The van der Waals surface area contributed by atoms with E-state index >= 15 is 0 Å². The van der Waals surface area contributed by atoms with Crippen LogP contribution in [0, 0.1) is 0 Å². The summed E-state index contributed by atoms with van der Waals surface area (Å²) in [5.74, 6) is 0. The molecule has 0 saturated heterocycles. The molecule has 0 bridgehead atoms. The van der Waals surface area contributed by atoms with Gasteiger partial charge in [-0.1, -0.05) is 18.2 Å². The number of aromatic nitrogens is 2. The molecule has 0 N–H and O–H groups in total. The largest absolute Gasteiger partial charge is 0.443 e. The second kappa shape index (κ2) is 3.20. The predicted molar refractivity (Wildman–Crippen MR) is 57.2 cm³/mol. The molecule has 0 aliphatic carbocycles. The minimum absolute atomic E-state index is 0.790. The number of hydrogen-bond donors (Lipinski definition) is 0. The van der Waals surface area contributed by atoms with Gasteiger partial charge >= 0.3 is 0 Å². The van der Waals surface area contributed by atoms with Crippen molar-refractivity contribution in [3.63, 3.8) is 0 Å². The first-order valence-electron chi connectivity index (χ1n) is 4.69. The highest BCUT2D eigenvalue weighted by molar-refractivity contribution is 5.89. The molecule has 0 amide bonds. The predicted octanol–water partition coefficient (Wildman–Crippen LogP) is 2.89. The maximum atomic E-state index is 5.24. The van der Waals surface area contributed by atoms with Crippen LogP contribution in [0.25, 0.3) is 22.4 Å². The van der Waals surface area contributed by atoms with Crippen molar-refractivity contribution in [3.8, 4) is 11.3 Å². The van der Waals surface area contributed by atoms with Crippen LogP contribution in [-0.2, 0) is 0 Å². The third kappa shape index (κ3) is 1.29. The number of fused-ring (bicyclic) bond motifs is 1. The number of hydrogen-bond acceptors (Lipinski definition) is 3. The summed E-state index contributed by atoms with van der Waals surface area (Å²) in [5.41, 5.74) is 3.56. The van der Waals surface area contributed by atoms with Crippen LogP contribution in [0.15, 0.2) is 53.4 Å². The van der Waals surface area contributed by atoms with Crippen molar-refractivity contribution < 1.29 is 4.42 Å². The van der Waals surface area contributed by atoms with Gasteiger partial charge in [-0.15, -0.1) is 0 Å². The van der Waals surface area contributed by atoms with Gasteiger partial charge < -0.3 is 4.42 Å². The molecule has 3 heteroatoms. The Labute approximate surface area is 86.4 Å². The molecule has 3 aromatic rings. The average Bonchev–Trinajstić information content (AvgIpc) is 2.78. The Bertz CT molecular complexity index is 587. The average molecular weight is 196 g/mol. The molecule has 0 spiro atoms. The number of pyridine rings is 1. The number of para-hydroxylation sites is 1. The zero-order valence-corrected chi connectivity index (χ0v) is 7.92. The second-order valence-corrected chi connectivity index (χ2v) is 3.22. The van der Waals surface area contributed by atoms with E-state index in [1.165, 1.54) is 6.39 Å². The summed E-state index contributed by atoms with van der Waals surface area (Å²) in [4.78, 5) is 8.49. The lowest BCUT2D eigenvalue weighted by atomic mass is 10.1. The first-order valence-corrected chi connectivity index (χ1v) is 4.69. The fourth-order valence-corrected chi connectivity index (χ4v) is 1.62. The molecule has 3 rings (SSSR count). The van der Waals surface area contributed by atoms with Gasteiger partial charge in [0.25, 0.3) is 0 Å². The van der Waals surface area contributed by atoms with Gasteiger partial charge in [-0.2, -0.15) is 0 Å². The van der Waals surface area contributed by atoms with Gasteiger partial charge in [-0.25, -0.2) is 4.98 Å². The van der Waals surface area contributed by atoms with Crippen LogP contribution in [0.3, 0.4) is 0 Å². The van der Waals surface area contributed by atoms with Gasteiger partial charge in [-0.3, -0.25) is 4.98 Å². The van der Waals surface area contributed by atoms with Crippen LogP contribution >= 0.6 is 0 Å². The Morgan fingerprint density at radius 1 is 0.933 bits per heavy atom. The number of oxazole rings is 1. The molecule has 0 fully saturated rings. The number of benzene rings is 1. The van der Waals surface area contributed by atoms with E-state index < -0.39 is 0 Å². The molecule has 2 heterocycles. The maximum absolute atomic E-state index is 5.24. The van der Waals surface area contributed by atoms with E-state index in [2.05, 4.69) is 9.97 Å². The molecule has 72 valence electrons. The normalized spacial score (nSPS) is 10.7. The molecule has 0 radical (unpaired) electrons. The van der Waals surface area contributed by atoms with E-state index in [4.69, 9.17) is 4.42 Å². The third-order valence-corrected chi connectivity index (χ3v) is 2.30. The molecule has 1 aromatic carbocycles. The molecular formula is C12H8N2O. The molecular weight excluding hydrogens is 188 g/mol. The zero-order valence-electron chi connectivity index (χ0n) is 7.92. The number of rotatable bonds is 1. The summed E-state index contributed by atoms with van der Waals surface area (Å²) in [6, 6.07) is 11.6. The Balaban J connectivity index is 2.31. The molecule has 0 aliphatic rings. The summed E-state index contributed by atoms with van der Waals surface area (Å²) in [5, 5.41) is 0. The SMILES string of the molecule is c1ccc(-c2cccc3ocnc23)nc1. The minimum Gasteiger partial charge on any atom is -0.443 e. The molecule has 2 aromatic heterocycles. The molecule has 3 nitrogen and oxygen atoms in total. The van der Waals surface area contributed by atoms with Crippen molar-refractivity contribution in [1.82, 2.24) is 9.97 Å². The summed E-state index contributed by atoms with van der Waals surface area (Å²) < 4.78 is 5.24. The maximum Gasteiger partial charge on any atom is 0.182 e. The lowest BCUT2D eigenvalue weighted by molar-refractivity contribution is 0.602. The van der Waals surface area contributed by atoms with Crippen LogP contribution in [-0.4, -0.2) is 9.97 Å². The summed E-state index contributed by atoms with van der Waals surface area (Å²) in [6.07, 6.45) is 3.23. The number of nitrogens with zero attached hydrogens (tertiary/aromatic N) is 2. The second-order valence-electron chi connectivity index (χ2n) is 3.22. The Morgan fingerprint density at radius 2 is 1.93 bits per heavy atom. The van der Waals surface area contributed by atoms with Gasteiger partial charge in [0.2, 0.25) is 0 Å². The highest BCUT2D eigenvalue weighted by Gasteiger charge is 2.06. The lowest BCUT2D eigenvalue weighted by Gasteiger charge is -1.99. The lowest BCUT2D eigenvalue weighted by Crippen LogP contribution is -1.83. The Hall–Kier alpha value is -2.16. The van der Waals surface area contributed by atoms with Gasteiger partial charge in [0.05, 0.1) is 5.69 Å². The fourth-order valence-electron chi connectivity index (χ4n) is 1.62. The molecule has 0 atom stereocenters. The zero-order chi connectivity index (χ0) is 10.1. The van der Waals surface area contributed by atoms with Crippen LogP contribution in [0.5, 0.6) is 0 Å². The Morgan fingerprint density at radius 3 is 2.80 bits per heavy atom. The van der Waals surface area contributed by atoms with Crippen LogP contribution < -0.4 is 0 Å². The quantitative estimate of drug-likeness (QED) is 0.600. The summed E-state index contributed by atoms with van der Waals surface area (Å²) in [7, 11) is 0. The van der Waals surface area contributed by atoms with E-state index in [0.29, 0.717) is 0 Å². The van der Waals surface area contributed by atoms with Crippen LogP contribution in [0.4, 0.5) is 0 Å². The Kier molecular flexibility index (Phi) is 1.75. The van der Waals surface area contributed by atoms with Gasteiger partial charge in [0.1, 0.15) is 5.52 Å². The monoisotopic (exact) mass is 196 g/mol. The molecule has 0 unspecified atom stereocenters. The van der Waals surface area contributed by atoms with Gasteiger partial charge in [-0.05, 0) is 18.2 Å². The van der Waals surface area contributed by atoms with Crippen LogP contribution in [0.1, 0.15) is 0 Å². The molecule has 0 aliphatic heterocycles. The smallest absolute Gasteiger partial charge is 0.182 e. The van der Waals surface area contributed by atoms with Crippen LogP contribution in [0.2, 0.25) is 0 Å². The topological polar surface area (TPSA) is 38.9 Å². The van der Waals surface area contributed by atoms with Crippen molar-refractivity contribution in [2.75, 3.05) is 0 Å². The van der Waals surface area contributed by atoms with E-state index in [1.54, 1.807) is 6.20 Å². The van der Waals surface area contributed by atoms with E-state index in [9.17, 15) is 0 Å². The minimum atomic E-state index is 0.790. The van der Waals surface area contributed by atoms with E-state index in [1.807, 2.05) is 36.4 Å². The first-order chi connectivity index (χ1) is 7.45. The van der Waals surface area contributed by atoms with Gasteiger partial charge in [0.15, 0.2) is 12.0 Å². The van der Waals surface area contributed by atoms with E-state index in [0.717, 1.165) is 22.4 Å². The van der Waals surface area contributed by atoms with E-state index in [-0.39, 0.29) is 0 Å². The molecule has 15 heavy (non-hydrogen) atoms. The van der Waals surface area contributed by atoms with Crippen molar-refractivity contribution in [2.45, 2.75) is 0 Å². The van der Waals surface area contributed by atoms with Crippen molar-refractivity contribution in [2.24, 2.45) is 0 Å². The standard InChI is InChI=1S/C12H8N2O/c1-2-7-13-10(5-1)9-4-3-6-11-12(9)14-8-15-11/h1-8H. The summed E-state index contributed by atoms with van der Waals surface area (Å²) in [6.45, 7) is 0. The van der Waals surface area contributed by atoms with Gasteiger partial charge in [0, 0.05) is 11.8 Å². The first kappa shape index (κ1) is 8.17. The third-order valence-electron chi connectivity index (χ3n) is 2.30. The summed E-state index contributed by atoms with van der Waals surface area (Å²) >= 11 is 0. The molecule has 0 saturated carbocycles. The highest BCUT2D eigenvalue weighted by atomic mass is 16.3.